The predicted molar refractivity (Wildman–Crippen MR) is 119 cm³/mol. The summed E-state index contributed by atoms with van der Waals surface area (Å²) in [6, 6.07) is 5.36. The average Bonchev–Trinajstić information content (AvgIpc) is 3.19. The maximum absolute atomic E-state index is 12.4. The van der Waals surface area contributed by atoms with Gasteiger partial charge in [-0.25, -0.2) is 4.98 Å². The summed E-state index contributed by atoms with van der Waals surface area (Å²) in [6.45, 7) is 10.7. The van der Waals surface area contributed by atoms with Gasteiger partial charge in [-0.2, -0.15) is 0 Å². The lowest BCUT2D eigenvalue weighted by Gasteiger charge is -2.35. The molecule has 2 N–H and O–H groups in total. The molecule has 0 radical (unpaired) electrons. The van der Waals surface area contributed by atoms with Crippen LogP contribution in [0.25, 0.3) is 0 Å². The number of anilines is 1. The number of nitrogens with zero attached hydrogens (tertiary/aromatic N) is 3. The second-order valence-electron chi connectivity index (χ2n) is 8.16. The molecule has 0 aliphatic carbocycles. The monoisotopic (exact) mass is 450 g/mol. The molecule has 0 bridgehead atoms. The number of hydrogen-bond donors (Lipinski definition) is 2. The fourth-order valence-electron chi connectivity index (χ4n) is 3.33. The topological polar surface area (TPSA) is 91.1 Å². The summed E-state index contributed by atoms with van der Waals surface area (Å²) in [6.07, 6.45) is 1.01. The number of halogens is 1. The minimum absolute atomic E-state index is 0.119. The number of nitrogens with one attached hydrogen (secondary N) is 1. The minimum Gasteiger partial charge on any atom is -0.447 e. The molecule has 170 valence electrons. The Morgan fingerprint density at radius 1 is 1.29 bits per heavy atom. The van der Waals surface area contributed by atoms with E-state index in [1.165, 1.54) is 6.26 Å². The van der Waals surface area contributed by atoms with Crippen LogP contribution in [-0.4, -0.2) is 77.3 Å². The van der Waals surface area contributed by atoms with Crippen molar-refractivity contribution in [2.45, 2.75) is 39.5 Å². The highest BCUT2D eigenvalue weighted by Crippen LogP contribution is 2.20. The molecule has 1 unspecified atom stereocenters. The van der Waals surface area contributed by atoms with Gasteiger partial charge in [0.2, 0.25) is 5.89 Å². The van der Waals surface area contributed by atoms with Crippen molar-refractivity contribution >= 4 is 23.2 Å². The third-order valence-corrected chi connectivity index (χ3v) is 5.54. The molecule has 8 nitrogen and oxygen atoms in total. The van der Waals surface area contributed by atoms with Crippen LogP contribution in [0.15, 0.2) is 28.9 Å². The third kappa shape index (κ3) is 7.29. The van der Waals surface area contributed by atoms with E-state index in [2.05, 4.69) is 20.1 Å². The van der Waals surface area contributed by atoms with Crippen molar-refractivity contribution in [3.05, 3.63) is 46.6 Å². The van der Waals surface area contributed by atoms with E-state index in [1.54, 1.807) is 12.1 Å². The highest BCUT2D eigenvalue weighted by atomic mass is 35.5. The molecule has 2 heterocycles. The first-order valence-electron chi connectivity index (χ1n) is 10.6. The number of oxazole rings is 1. The van der Waals surface area contributed by atoms with Crippen LogP contribution in [0.2, 0.25) is 5.02 Å². The molecule has 31 heavy (non-hydrogen) atoms. The van der Waals surface area contributed by atoms with E-state index in [4.69, 9.17) is 20.8 Å². The smallest absolute Gasteiger partial charge is 0.277 e. The standard InChI is InChI=1S/C22H31ClN4O4/c1-15(2)30-13-18(28)11-26-6-8-27(9-7-26)12-21-25-20(14-31-21)22(29)24-17-5-4-16(3)19(23)10-17/h4-5,10,14-15,18,28H,6-9,11-13H2,1-3H3,(H,24,29). The molecule has 9 heteroatoms. The van der Waals surface area contributed by atoms with Crippen LogP contribution in [0.4, 0.5) is 5.69 Å². The summed E-state index contributed by atoms with van der Waals surface area (Å²) in [7, 11) is 0. The van der Waals surface area contributed by atoms with E-state index in [0.717, 1.165) is 31.7 Å². The second kappa shape index (κ2) is 11.1. The van der Waals surface area contributed by atoms with E-state index in [-0.39, 0.29) is 17.7 Å². The number of aryl methyl sites for hydroxylation is 1. The van der Waals surface area contributed by atoms with Gasteiger partial charge in [-0.1, -0.05) is 17.7 Å². The lowest BCUT2D eigenvalue weighted by molar-refractivity contribution is -0.0151. The van der Waals surface area contributed by atoms with Crippen LogP contribution in [0.5, 0.6) is 0 Å². The van der Waals surface area contributed by atoms with E-state index in [9.17, 15) is 9.90 Å². The Bertz CT molecular complexity index is 865. The van der Waals surface area contributed by atoms with E-state index < -0.39 is 6.10 Å². The quantitative estimate of drug-likeness (QED) is 0.607. The fraction of sp³-hybridized carbons (Fsp3) is 0.545. The van der Waals surface area contributed by atoms with Crippen molar-refractivity contribution in [3.8, 4) is 0 Å². The predicted octanol–water partition coefficient (Wildman–Crippen LogP) is 2.79. The van der Waals surface area contributed by atoms with Gasteiger partial charge in [0.1, 0.15) is 6.26 Å². The Labute approximate surface area is 188 Å². The van der Waals surface area contributed by atoms with Crippen molar-refractivity contribution in [2.75, 3.05) is 44.6 Å². The maximum atomic E-state index is 12.4. The molecule has 1 aliphatic rings. The van der Waals surface area contributed by atoms with Crippen LogP contribution in [0.3, 0.4) is 0 Å². The number of carbonyl (C=O) groups is 1. The molecule has 3 rings (SSSR count). The molecule has 1 aromatic heterocycles. The molecule has 1 aromatic carbocycles. The number of β-amino-alcohol motifs (C(OH)–C–C–N with tert-alkyl or cyclic N) is 1. The number of carbonyl (C=O) groups excluding carboxylic acids is 1. The number of aliphatic hydroxyl groups is 1. The summed E-state index contributed by atoms with van der Waals surface area (Å²) in [5.74, 6) is 0.170. The van der Waals surface area contributed by atoms with Gasteiger partial charge in [0.25, 0.3) is 5.91 Å². The zero-order chi connectivity index (χ0) is 22.4. The van der Waals surface area contributed by atoms with Crippen molar-refractivity contribution in [1.82, 2.24) is 14.8 Å². The Kier molecular flexibility index (Phi) is 8.45. The van der Waals surface area contributed by atoms with Crippen molar-refractivity contribution in [1.29, 1.82) is 0 Å². The van der Waals surface area contributed by atoms with Crippen molar-refractivity contribution in [2.24, 2.45) is 0 Å². The number of benzene rings is 1. The number of aliphatic hydroxyl groups excluding tert-OH is 1. The third-order valence-electron chi connectivity index (χ3n) is 5.13. The zero-order valence-electron chi connectivity index (χ0n) is 18.3. The van der Waals surface area contributed by atoms with Crippen LogP contribution in [0, 0.1) is 6.92 Å². The highest BCUT2D eigenvalue weighted by Gasteiger charge is 2.21. The maximum Gasteiger partial charge on any atom is 0.277 e. The van der Waals surface area contributed by atoms with Gasteiger partial charge in [0, 0.05) is 43.4 Å². The van der Waals surface area contributed by atoms with Gasteiger partial charge in [0.15, 0.2) is 5.69 Å². The van der Waals surface area contributed by atoms with E-state index in [0.29, 0.717) is 36.3 Å². The lowest BCUT2D eigenvalue weighted by Crippen LogP contribution is -2.48. The minimum atomic E-state index is -0.481. The van der Waals surface area contributed by atoms with Gasteiger partial charge in [-0.3, -0.25) is 14.6 Å². The molecule has 0 spiro atoms. The van der Waals surface area contributed by atoms with Crippen molar-refractivity contribution < 1.29 is 19.1 Å². The lowest BCUT2D eigenvalue weighted by atomic mass is 10.2. The highest BCUT2D eigenvalue weighted by molar-refractivity contribution is 6.31. The van der Waals surface area contributed by atoms with Crippen LogP contribution >= 0.6 is 11.6 Å². The van der Waals surface area contributed by atoms with Gasteiger partial charge in [-0.15, -0.1) is 0 Å². The molecular formula is C22H31ClN4O4. The Morgan fingerprint density at radius 2 is 2.00 bits per heavy atom. The first-order valence-corrected chi connectivity index (χ1v) is 10.9. The molecule has 1 aliphatic heterocycles. The van der Waals surface area contributed by atoms with Crippen LogP contribution in [0.1, 0.15) is 35.8 Å². The number of piperazine rings is 1. The summed E-state index contributed by atoms with van der Waals surface area (Å²) in [5, 5.41) is 13.5. The molecule has 1 fully saturated rings. The Balaban J connectivity index is 1.44. The van der Waals surface area contributed by atoms with E-state index >= 15 is 0 Å². The number of amides is 1. The normalized spacial score (nSPS) is 16.6. The molecular weight excluding hydrogens is 420 g/mol. The number of rotatable bonds is 9. The largest absolute Gasteiger partial charge is 0.447 e. The second-order valence-corrected chi connectivity index (χ2v) is 8.56. The SMILES string of the molecule is Cc1ccc(NC(=O)c2coc(CN3CCN(CC(O)COC(C)C)CC3)n2)cc1Cl. The fourth-order valence-corrected chi connectivity index (χ4v) is 3.51. The Hall–Kier alpha value is -1.97. The van der Waals surface area contributed by atoms with Gasteiger partial charge in [0.05, 0.1) is 25.4 Å². The number of ether oxygens (including phenoxy) is 1. The summed E-state index contributed by atoms with van der Waals surface area (Å²) in [4.78, 5) is 21.2. The summed E-state index contributed by atoms with van der Waals surface area (Å²) >= 11 is 6.11. The van der Waals surface area contributed by atoms with Crippen molar-refractivity contribution in [3.63, 3.8) is 0 Å². The molecule has 1 atom stereocenters. The van der Waals surface area contributed by atoms with Crippen LogP contribution < -0.4 is 5.32 Å². The molecule has 1 saturated heterocycles. The first-order chi connectivity index (χ1) is 14.8. The summed E-state index contributed by atoms with van der Waals surface area (Å²) < 4.78 is 11.0. The van der Waals surface area contributed by atoms with Crippen LogP contribution in [-0.2, 0) is 11.3 Å². The average molecular weight is 451 g/mol. The first kappa shape index (κ1) is 23.7. The number of hydrogen-bond acceptors (Lipinski definition) is 7. The van der Waals surface area contributed by atoms with Gasteiger partial charge < -0.3 is 19.6 Å². The molecule has 2 aromatic rings. The summed E-state index contributed by atoms with van der Waals surface area (Å²) in [5.41, 5.74) is 1.79. The number of aromatic nitrogens is 1. The molecule has 0 saturated carbocycles. The molecule has 1 amide bonds. The zero-order valence-corrected chi connectivity index (χ0v) is 19.1. The van der Waals surface area contributed by atoms with Gasteiger partial charge >= 0.3 is 0 Å². The van der Waals surface area contributed by atoms with E-state index in [1.807, 2.05) is 26.8 Å². The Morgan fingerprint density at radius 3 is 2.68 bits per heavy atom. The van der Waals surface area contributed by atoms with Gasteiger partial charge in [-0.05, 0) is 38.5 Å².